The first-order valence-electron chi connectivity index (χ1n) is 10.6. The quantitative estimate of drug-likeness (QED) is 0.704. The minimum absolute atomic E-state index is 0.0623. The van der Waals surface area contributed by atoms with Crippen LogP contribution >= 0.6 is 0 Å². The third-order valence-electron chi connectivity index (χ3n) is 5.76. The maximum absolute atomic E-state index is 12.7. The molecule has 1 fully saturated rings. The highest BCUT2D eigenvalue weighted by molar-refractivity contribution is 5.91. The Labute approximate surface area is 183 Å². The van der Waals surface area contributed by atoms with Crippen LogP contribution in [0.4, 0.5) is 10.5 Å². The standard InChI is InChI=1S/C24H31N3O4/c1-17-6-4-5-7-19(17)16-25-23(28)14-18-10-12-27(13-11-18)24(29)26-21-15-20(30-2)8-9-22(21)31-3/h4-9,15,18H,10-14,16H2,1-3H3,(H,25,28)(H,26,29). The molecule has 7 heteroatoms. The van der Waals surface area contributed by atoms with Gasteiger partial charge in [-0.05, 0) is 48.9 Å². The number of nitrogens with zero attached hydrogens (tertiary/aromatic N) is 1. The summed E-state index contributed by atoms with van der Waals surface area (Å²) in [4.78, 5) is 26.8. The summed E-state index contributed by atoms with van der Waals surface area (Å²) >= 11 is 0. The Balaban J connectivity index is 1.45. The fraction of sp³-hybridized carbons (Fsp3) is 0.417. The molecule has 31 heavy (non-hydrogen) atoms. The zero-order valence-electron chi connectivity index (χ0n) is 18.4. The molecule has 1 aliphatic heterocycles. The predicted molar refractivity (Wildman–Crippen MR) is 121 cm³/mol. The molecule has 2 N–H and O–H groups in total. The van der Waals surface area contributed by atoms with Crippen molar-refractivity contribution in [2.24, 2.45) is 5.92 Å². The lowest BCUT2D eigenvalue weighted by Gasteiger charge is -2.32. The van der Waals surface area contributed by atoms with Crippen LogP contribution in [0.15, 0.2) is 42.5 Å². The molecule has 166 valence electrons. The van der Waals surface area contributed by atoms with Gasteiger partial charge in [-0.2, -0.15) is 0 Å². The van der Waals surface area contributed by atoms with Crippen LogP contribution in [0.5, 0.6) is 11.5 Å². The highest BCUT2D eigenvalue weighted by atomic mass is 16.5. The lowest BCUT2D eigenvalue weighted by Crippen LogP contribution is -2.42. The number of carbonyl (C=O) groups excluding carboxylic acids is 2. The number of ether oxygens (including phenoxy) is 2. The van der Waals surface area contributed by atoms with E-state index in [4.69, 9.17) is 9.47 Å². The highest BCUT2D eigenvalue weighted by Gasteiger charge is 2.25. The van der Waals surface area contributed by atoms with Gasteiger partial charge in [0.15, 0.2) is 0 Å². The van der Waals surface area contributed by atoms with Crippen molar-refractivity contribution in [3.63, 3.8) is 0 Å². The summed E-state index contributed by atoms with van der Waals surface area (Å²) in [5.41, 5.74) is 2.88. The molecular weight excluding hydrogens is 394 g/mol. The maximum Gasteiger partial charge on any atom is 0.321 e. The Morgan fingerprint density at radius 2 is 1.81 bits per heavy atom. The molecular formula is C24H31N3O4. The van der Waals surface area contributed by atoms with Crippen LogP contribution in [0.2, 0.25) is 0 Å². The van der Waals surface area contributed by atoms with Gasteiger partial charge in [-0.25, -0.2) is 4.79 Å². The lowest BCUT2D eigenvalue weighted by molar-refractivity contribution is -0.122. The number of hydrogen-bond donors (Lipinski definition) is 2. The van der Waals surface area contributed by atoms with Crippen molar-refractivity contribution >= 4 is 17.6 Å². The van der Waals surface area contributed by atoms with Gasteiger partial charge in [0.25, 0.3) is 0 Å². The first-order chi connectivity index (χ1) is 15.0. The summed E-state index contributed by atoms with van der Waals surface area (Å²) in [6.07, 6.45) is 2.10. The van der Waals surface area contributed by atoms with Gasteiger partial charge in [-0.15, -0.1) is 0 Å². The van der Waals surface area contributed by atoms with Gasteiger partial charge in [-0.3, -0.25) is 4.79 Å². The van der Waals surface area contributed by atoms with Crippen molar-refractivity contribution in [3.05, 3.63) is 53.6 Å². The molecule has 0 aromatic heterocycles. The molecule has 0 atom stereocenters. The third-order valence-corrected chi connectivity index (χ3v) is 5.76. The number of hydrogen-bond acceptors (Lipinski definition) is 4. The molecule has 2 aromatic rings. The summed E-state index contributed by atoms with van der Waals surface area (Å²) in [7, 11) is 3.14. The molecule has 7 nitrogen and oxygen atoms in total. The molecule has 0 radical (unpaired) electrons. The summed E-state index contributed by atoms with van der Waals surface area (Å²) in [5, 5.41) is 5.93. The number of rotatable bonds is 7. The van der Waals surface area contributed by atoms with Crippen LogP contribution < -0.4 is 20.1 Å². The Morgan fingerprint density at radius 1 is 1.06 bits per heavy atom. The van der Waals surface area contributed by atoms with Crippen molar-refractivity contribution in [2.45, 2.75) is 32.7 Å². The SMILES string of the molecule is COc1ccc(OC)c(NC(=O)N2CCC(CC(=O)NCc3ccccc3C)CC2)c1. The average molecular weight is 426 g/mol. The minimum atomic E-state index is -0.172. The lowest BCUT2D eigenvalue weighted by atomic mass is 9.93. The van der Waals surface area contributed by atoms with E-state index in [0.29, 0.717) is 43.2 Å². The molecule has 3 rings (SSSR count). The van der Waals surface area contributed by atoms with Crippen LogP contribution in [0.1, 0.15) is 30.4 Å². The number of anilines is 1. The van der Waals surface area contributed by atoms with Crippen LogP contribution in [-0.2, 0) is 11.3 Å². The van der Waals surface area contributed by atoms with Crippen molar-refractivity contribution < 1.29 is 19.1 Å². The average Bonchev–Trinajstić information content (AvgIpc) is 2.79. The number of amides is 3. The Kier molecular flexibility index (Phi) is 7.76. The topological polar surface area (TPSA) is 79.9 Å². The van der Waals surface area contributed by atoms with E-state index in [0.717, 1.165) is 18.4 Å². The van der Waals surface area contributed by atoms with Crippen LogP contribution in [0.25, 0.3) is 0 Å². The van der Waals surface area contributed by atoms with Gasteiger partial charge >= 0.3 is 6.03 Å². The Bertz CT molecular complexity index is 907. The van der Waals surface area contributed by atoms with E-state index >= 15 is 0 Å². The Hall–Kier alpha value is -3.22. The number of methoxy groups -OCH3 is 2. The van der Waals surface area contributed by atoms with Crippen molar-refractivity contribution in [1.82, 2.24) is 10.2 Å². The molecule has 1 heterocycles. The molecule has 3 amide bonds. The van der Waals surface area contributed by atoms with Crippen LogP contribution in [0.3, 0.4) is 0 Å². The van der Waals surface area contributed by atoms with E-state index in [1.165, 1.54) is 5.56 Å². The fourth-order valence-corrected chi connectivity index (χ4v) is 3.78. The smallest absolute Gasteiger partial charge is 0.321 e. The maximum atomic E-state index is 12.7. The number of piperidine rings is 1. The molecule has 0 aliphatic carbocycles. The molecule has 1 saturated heterocycles. The molecule has 0 unspecified atom stereocenters. The first-order valence-corrected chi connectivity index (χ1v) is 10.6. The van der Waals surface area contributed by atoms with E-state index in [1.54, 1.807) is 37.3 Å². The second kappa shape index (κ2) is 10.7. The van der Waals surface area contributed by atoms with Gasteiger partial charge in [0.2, 0.25) is 5.91 Å². The van der Waals surface area contributed by atoms with Gasteiger partial charge in [-0.1, -0.05) is 24.3 Å². The van der Waals surface area contributed by atoms with E-state index < -0.39 is 0 Å². The largest absolute Gasteiger partial charge is 0.497 e. The third kappa shape index (κ3) is 6.13. The van der Waals surface area contributed by atoms with Crippen LogP contribution in [-0.4, -0.2) is 44.1 Å². The number of aryl methyl sites for hydroxylation is 1. The Morgan fingerprint density at radius 3 is 2.48 bits per heavy atom. The first kappa shape index (κ1) is 22.5. The fourth-order valence-electron chi connectivity index (χ4n) is 3.78. The number of nitrogens with one attached hydrogen (secondary N) is 2. The van der Waals surface area contributed by atoms with Crippen molar-refractivity contribution in [3.8, 4) is 11.5 Å². The molecule has 0 spiro atoms. The molecule has 2 aromatic carbocycles. The van der Waals surface area contributed by atoms with E-state index in [9.17, 15) is 9.59 Å². The molecule has 0 bridgehead atoms. The van der Waals surface area contributed by atoms with Crippen LogP contribution in [0, 0.1) is 12.8 Å². The number of benzene rings is 2. The van der Waals surface area contributed by atoms with Gasteiger partial charge in [0.05, 0.1) is 19.9 Å². The van der Waals surface area contributed by atoms with E-state index in [1.807, 2.05) is 31.2 Å². The summed E-state index contributed by atoms with van der Waals surface area (Å²) < 4.78 is 10.6. The molecule has 0 saturated carbocycles. The second-order valence-corrected chi connectivity index (χ2v) is 7.83. The van der Waals surface area contributed by atoms with Crippen molar-refractivity contribution in [1.29, 1.82) is 0 Å². The predicted octanol–water partition coefficient (Wildman–Crippen LogP) is 3.96. The minimum Gasteiger partial charge on any atom is -0.497 e. The van der Waals surface area contributed by atoms with Crippen molar-refractivity contribution in [2.75, 3.05) is 32.6 Å². The van der Waals surface area contributed by atoms with E-state index in [2.05, 4.69) is 10.6 Å². The number of likely N-dealkylation sites (tertiary alicyclic amines) is 1. The summed E-state index contributed by atoms with van der Waals surface area (Å²) in [5.74, 6) is 1.57. The normalized spacial score (nSPS) is 14.1. The van der Waals surface area contributed by atoms with Gasteiger partial charge < -0.3 is 25.0 Å². The summed E-state index contributed by atoms with van der Waals surface area (Å²) in [6, 6.07) is 13.2. The monoisotopic (exact) mass is 425 g/mol. The summed E-state index contributed by atoms with van der Waals surface area (Å²) in [6.45, 7) is 3.83. The van der Waals surface area contributed by atoms with E-state index in [-0.39, 0.29) is 17.9 Å². The zero-order valence-corrected chi connectivity index (χ0v) is 18.4. The van der Waals surface area contributed by atoms with Gasteiger partial charge in [0.1, 0.15) is 11.5 Å². The molecule has 1 aliphatic rings. The highest BCUT2D eigenvalue weighted by Crippen LogP contribution is 2.29. The zero-order chi connectivity index (χ0) is 22.2. The second-order valence-electron chi connectivity index (χ2n) is 7.83. The number of carbonyl (C=O) groups is 2. The van der Waals surface area contributed by atoms with Gasteiger partial charge in [0, 0.05) is 32.1 Å². The number of urea groups is 1.